The number of esters is 1. The molecule has 0 spiro atoms. The molecule has 1 aromatic carbocycles. The third-order valence-corrected chi connectivity index (χ3v) is 5.00. The van der Waals surface area contributed by atoms with E-state index in [4.69, 9.17) is 16.3 Å². The highest BCUT2D eigenvalue weighted by Crippen LogP contribution is 2.35. The second kappa shape index (κ2) is 9.45. The summed E-state index contributed by atoms with van der Waals surface area (Å²) in [6.07, 6.45) is -0.237. The second-order valence-electron chi connectivity index (χ2n) is 6.09. The number of carbonyl (C=O) groups excluding carboxylic acids is 1. The van der Waals surface area contributed by atoms with Crippen LogP contribution in [0, 0.1) is 0 Å². The number of rotatable bonds is 8. The van der Waals surface area contributed by atoms with Crippen LogP contribution in [0.5, 0.6) is 5.75 Å². The molecule has 142 valence electrons. The lowest BCUT2D eigenvalue weighted by atomic mass is 10.0. The van der Waals surface area contributed by atoms with Crippen molar-refractivity contribution < 1.29 is 27.3 Å². The highest BCUT2D eigenvalue weighted by atomic mass is 35.5. The van der Waals surface area contributed by atoms with E-state index in [-0.39, 0.29) is 29.4 Å². The highest BCUT2D eigenvalue weighted by molar-refractivity contribution is 7.84. The summed E-state index contributed by atoms with van der Waals surface area (Å²) < 4.78 is 49.4. The van der Waals surface area contributed by atoms with E-state index in [0.29, 0.717) is 0 Å². The van der Waals surface area contributed by atoms with Gasteiger partial charge in [-0.3, -0.25) is 4.79 Å². The van der Waals surface area contributed by atoms with Gasteiger partial charge >= 0.3 is 12.6 Å². The molecule has 0 unspecified atom stereocenters. The van der Waals surface area contributed by atoms with Gasteiger partial charge in [-0.15, -0.1) is 0 Å². The molecule has 2 atom stereocenters. The number of benzene rings is 1. The predicted octanol–water partition coefficient (Wildman–Crippen LogP) is 3.99. The zero-order chi connectivity index (χ0) is 19.2. The molecule has 25 heavy (non-hydrogen) atoms. The van der Waals surface area contributed by atoms with Crippen LogP contribution in [0.4, 0.5) is 8.78 Å². The topological polar surface area (TPSA) is 64.6 Å². The van der Waals surface area contributed by atoms with E-state index in [0.717, 1.165) is 0 Å². The number of halogens is 3. The first kappa shape index (κ1) is 21.8. The van der Waals surface area contributed by atoms with Gasteiger partial charge < -0.3 is 9.47 Å². The minimum atomic E-state index is -3.06. The molecule has 1 rings (SSSR count). The summed E-state index contributed by atoms with van der Waals surface area (Å²) in [5, 5.41) is 0.117. The van der Waals surface area contributed by atoms with Crippen LogP contribution < -0.4 is 9.46 Å². The Balaban J connectivity index is 3.26. The van der Waals surface area contributed by atoms with Crippen LogP contribution >= 0.6 is 11.6 Å². The van der Waals surface area contributed by atoms with Crippen LogP contribution in [0.3, 0.4) is 0 Å². The van der Waals surface area contributed by atoms with E-state index < -0.39 is 34.4 Å². The molecule has 0 fully saturated rings. The lowest BCUT2D eigenvalue weighted by Gasteiger charge is -2.26. The maximum Gasteiger partial charge on any atom is 0.387 e. The Bertz CT molecular complexity index is 623. The fourth-order valence-corrected chi connectivity index (χ4v) is 3.06. The third-order valence-electron chi connectivity index (χ3n) is 3.06. The van der Waals surface area contributed by atoms with E-state index in [1.807, 2.05) is 0 Å². The molecule has 0 aliphatic heterocycles. The Morgan fingerprint density at radius 1 is 1.36 bits per heavy atom. The molecule has 0 saturated carbocycles. The molecule has 9 heteroatoms. The molecule has 0 bridgehead atoms. The van der Waals surface area contributed by atoms with E-state index in [1.165, 1.54) is 18.2 Å². The second-order valence-corrected chi connectivity index (χ2v) is 8.50. The smallest absolute Gasteiger partial charge is 0.387 e. The van der Waals surface area contributed by atoms with Gasteiger partial charge in [-0.25, -0.2) is 8.93 Å². The van der Waals surface area contributed by atoms with Crippen molar-refractivity contribution in [3.8, 4) is 5.75 Å². The van der Waals surface area contributed by atoms with Crippen LogP contribution in [0.25, 0.3) is 0 Å². The quantitative estimate of drug-likeness (QED) is 0.674. The van der Waals surface area contributed by atoms with Gasteiger partial charge in [0.25, 0.3) is 0 Å². The normalized spacial score (nSPS) is 14.2. The molecule has 0 heterocycles. The summed E-state index contributed by atoms with van der Waals surface area (Å²) in [5.74, 6) is -0.760. The van der Waals surface area contributed by atoms with Crippen molar-refractivity contribution >= 4 is 28.6 Å². The molecule has 0 amide bonds. The van der Waals surface area contributed by atoms with Gasteiger partial charge in [0.15, 0.2) is 0 Å². The fourth-order valence-electron chi connectivity index (χ4n) is 1.95. The number of hydrogen-bond donors (Lipinski definition) is 1. The standard InChI is InChI=1S/C16H22ClF2NO4S/c1-5-23-13(21)9-11(20-25(22)16(2,3)4)14-10(17)7-6-8-12(14)24-15(18)19/h6-8,11,15,20H,5,9H2,1-4H3/t11-,25+/m1/s1. The monoisotopic (exact) mass is 397 g/mol. The summed E-state index contributed by atoms with van der Waals surface area (Å²) in [5.41, 5.74) is 0.134. The van der Waals surface area contributed by atoms with Gasteiger partial charge in [-0.2, -0.15) is 8.78 Å². The SMILES string of the molecule is CCOC(=O)C[C@@H](N[S@@](=O)C(C)(C)C)c1c(Cl)cccc1OC(F)F. The van der Waals surface area contributed by atoms with E-state index in [1.54, 1.807) is 27.7 Å². The first-order chi connectivity index (χ1) is 11.6. The van der Waals surface area contributed by atoms with Gasteiger partial charge in [0.1, 0.15) is 5.75 Å². The van der Waals surface area contributed by atoms with Gasteiger partial charge in [0.2, 0.25) is 0 Å². The van der Waals surface area contributed by atoms with E-state index in [9.17, 15) is 17.8 Å². The molecule has 1 N–H and O–H groups in total. The predicted molar refractivity (Wildman–Crippen MR) is 93.1 cm³/mol. The first-order valence-electron chi connectivity index (χ1n) is 7.63. The summed E-state index contributed by atoms with van der Waals surface area (Å²) >= 11 is 6.15. The molecule has 0 radical (unpaired) electrons. The minimum Gasteiger partial charge on any atom is -0.466 e. The number of carbonyl (C=O) groups is 1. The van der Waals surface area contributed by atoms with Gasteiger partial charge in [-0.1, -0.05) is 17.7 Å². The number of hydrogen-bond acceptors (Lipinski definition) is 4. The fraction of sp³-hybridized carbons (Fsp3) is 0.562. The van der Waals surface area contributed by atoms with Crippen molar-refractivity contribution in [1.29, 1.82) is 0 Å². The van der Waals surface area contributed by atoms with Crippen LogP contribution in [-0.2, 0) is 20.5 Å². The van der Waals surface area contributed by atoms with E-state index in [2.05, 4.69) is 9.46 Å². The van der Waals surface area contributed by atoms with Crippen molar-refractivity contribution in [2.24, 2.45) is 0 Å². The average Bonchev–Trinajstić information content (AvgIpc) is 2.45. The van der Waals surface area contributed by atoms with Crippen molar-refractivity contribution in [3.05, 3.63) is 28.8 Å². The van der Waals surface area contributed by atoms with Crippen LogP contribution in [0.2, 0.25) is 5.02 Å². The molecule has 5 nitrogen and oxygen atoms in total. The maximum absolute atomic E-state index is 12.7. The van der Waals surface area contributed by atoms with E-state index >= 15 is 0 Å². The van der Waals surface area contributed by atoms with Crippen LogP contribution in [-0.4, -0.2) is 28.1 Å². The zero-order valence-corrected chi connectivity index (χ0v) is 16.0. The number of ether oxygens (including phenoxy) is 2. The molecular weight excluding hydrogens is 376 g/mol. The maximum atomic E-state index is 12.7. The average molecular weight is 398 g/mol. The molecule has 0 aliphatic carbocycles. The van der Waals surface area contributed by atoms with Gasteiger partial charge in [0, 0.05) is 10.6 Å². The lowest BCUT2D eigenvalue weighted by Crippen LogP contribution is -2.37. The van der Waals surface area contributed by atoms with Crippen molar-refractivity contribution in [2.45, 2.75) is 51.5 Å². The molecule has 0 aliphatic rings. The largest absolute Gasteiger partial charge is 0.466 e. The summed E-state index contributed by atoms with van der Waals surface area (Å²) in [7, 11) is -1.58. The summed E-state index contributed by atoms with van der Waals surface area (Å²) in [6, 6.07) is 3.33. The van der Waals surface area contributed by atoms with Gasteiger partial charge in [0.05, 0.1) is 34.8 Å². The minimum absolute atomic E-state index is 0.117. The Kier molecular flexibility index (Phi) is 8.24. The van der Waals surface area contributed by atoms with Crippen molar-refractivity contribution in [1.82, 2.24) is 4.72 Å². The molecular formula is C16H22ClF2NO4S. The highest BCUT2D eigenvalue weighted by Gasteiger charge is 2.29. The first-order valence-corrected chi connectivity index (χ1v) is 9.16. The Morgan fingerprint density at radius 2 is 2.00 bits per heavy atom. The Hall–Kier alpha value is -1.25. The van der Waals surface area contributed by atoms with Crippen molar-refractivity contribution in [3.63, 3.8) is 0 Å². The van der Waals surface area contributed by atoms with Crippen LogP contribution in [0.1, 0.15) is 45.7 Å². The summed E-state index contributed by atoms with van der Waals surface area (Å²) in [4.78, 5) is 11.9. The van der Waals surface area contributed by atoms with Gasteiger partial charge in [-0.05, 0) is 39.8 Å². The number of alkyl halides is 2. The number of nitrogens with one attached hydrogen (secondary N) is 1. The molecule has 1 aromatic rings. The zero-order valence-electron chi connectivity index (χ0n) is 14.5. The lowest BCUT2D eigenvalue weighted by molar-refractivity contribution is -0.143. The van der Waals surface area contributed by atoms with Crippen LogP contribution in [0.15, 0.2) is 18.2 Å². The molecule has 0 saturated heterocycles. The summed E-state index contributed by atoms with van der Waals surface area (Å²) in [6.45, 7) is 3.96. The third kappa shape index (κ3) is 6.87. The Labute approximate surface area is 153 Å². The Morgan fingerprint density at radius 3 is 2.52 bits per heavy atom. The molecule has 0 aromatic heterocycles. The van der Waals surface area contributed by atoms with Crippen molar-refractivity contribution in [2.75, 3.05) is 6.61 Å².